The van der Waals surface area contributed by atoms with E-state index in [0.717, 1.165) is 17.9 Å². The lowest BCUT2D eigenvalue weighted by Gasteiger charge is -2.10. The Kier molecular flexibility index (Phi) is 3.88. The van der Waals surface area contributed by atoms with Gasteiger partial charge < -0.3 is 10.1 Å². The Balaban J connectivity index is 2.21. The molecule has 0 aliphatic carbocycles. The number of ether oxygens (including phenoxy) is 1. The van der Waals surface area contributed by atoms with Crippen LogP contribution in [-0.4, -0.2) is 14.2 Å². The van der Waals surface area contributed by atoms with Gasteiger partial charge in [-0.25, -0.2) is 0 Å². The predicted molar refractivity (Wildman–Crippen MR) is 76.5 cm³/mol. The Morgan fingerprint density at radius 3 is 2.28 bits per heavy atom. The monoisotopic (exact) mass is 241 g/mol. The van der Waals surface area contributed by atoms with Crippen LogP contribution in [0.15, 0.2) is 42.5 Å². The van der Waals surface area contributed by atoms with E-state index in [1.54, 1.807) is 7.11 Å². The first-order chi connectivity index (χ1) is 8.72. The summed E-state index contributed by atoms with van der Waals surface area (Å²) in [5, 5.41) is 3.12. The van der Waals surface area contributed by atoms with Crippen LogP contribution in [0.25, 0.3) is 0 Å². The summed E-state index contributed by atoms with van der Waals surface area (Å²) in [4.78, 5) is 0. The van der Waals surface area contributed by atoms with Gasteiger partial charge in [0.15, 0.2) is 0 Å². The minimum Gasteiger partial charge on any atom is -0.495 e. The summed E-state index contributed by atoms with van der Waals surface area (Å²) in [5.74, 6) is 0.891. The number of hydrogen-bond acceptors (Lipinski definition) is 2. The van der Waals surface area contributed by atoms with Crippen LogP contribution in [0.2, 0.25) is 0 Å². The standard InChI is InChI=1S/C16H19NO/c1-12-4-6-13(7-5-12)10-14-8-9-15(17-2)16(11-14)18-3/h4-9,11,17H,10H2,1-3H3. The highest BCUT2D eigenvalue weighted by molar-refractivity contribution is 5.57. The average molecular weight is 241 g/mol. The molecular weight excluding hydrogens is 222 g/mol. The fourth-order valence-electron chi connectivity index (χ4n) is 1.99. The van der Waals surface area contributed by atoms with Crippen molar-refractivity contribution < 1.29 is 4.74 Å². The molecule has 0 atom stereocenters. The molecule has 0 heterocycles. The van der Waals surface area contributed by atoms with Crippen molar-refractivity contribution in [1.82, 2.24) is 0 Å². The molecule has 0 aromatic heterocycles. The molecule has 0 saturated carbocycles. The highest BCUT2D eigenvalue weighted by Crippen LogP contribution is 2.26. The number of benzene rings is 2. The van der Waals surface area contributed by atoms with Crippen molar-refractivity contribution in [3.05, 3.63) is 59.2 Å². The normalized spacial score (nSPS) is 10.2. The molecule has 0 aliphatic heterocycles. The summed E-state index contributed by atoms with van der Waals surface area (Å²) in [6.07, 6.45) is 0.931. The van der Waals surface area contributed by atoms with Gasteiger partial charge in [-0.2, -0.15) is 0 Å². The third-order valence-corrected chi connectivity index (χ3v) is 3.06. The van der Waals surface area contributed by atoms with Gasteiger partial charge in [0.05, 0.1) is 12.8 Å². The van der Waals surface area contributed by atoms with Gasteiger partial charge in [-0.3, -0.25) is 0 Å². The smallest absolute Gasteiger partial charge is 0.142 e. The van der Waals surface area contributed by atoms with Crippen LogP contribution >= 0.6 is 0 Å². The van der Waals surface area contributed by atoms with Gasteiger partial charge >= 0.3 is 0 Å². The Hall–Kier alpha value is -1.96. The molecular formula is C16H19NO. The molecule has 0 saturated heterocycles. The number of rotatable bonds is 4. The van der Waals surface area contributed by atoms with Gasteiger partial charge in [0.25, 0.3) is 0 Å². The van der Waals surface area contributed by atoms with E-state index in [0.29, 0.717) is 0 Å². The van der Waals surface area contributed by atoms with E-state index < -0.39 is 0 Å². The van der Waals surface area contributed by atoms with Crippen LogP contribution in [-0.2, 0) is 6.42 Å². The maximum atomic E-state index is 5.37. The van der Waals surface area contributed by atoms with Gasteiger partial charge in [-0.15, -0.1) is 0 Å². The number of methoxy groups -OCH3 is 1. The Morgan fingerprint density at radius 1 is 1.00 bits per heavy atom. The minimum absolute atomic E-state index is 0.891. The predicted octanol–water partition coefficient (Wildman–Crippen LogP) is 3.64. The summed E-state index contributed by atoms with van der Waals surface area (Å²) in [5.41, 5.74) is 4.89. The molecule has 2 aromatic carbocycles. The molecule has 2 nitrogen and oxygen atoms in total. The third-order valence-electron chi connectivity index (χ3n) is 3.06. The van der Waals surface area contributed by atoms with E-state index in [1.807, 2.05) is 7.05 Å². The molecule has 0 spiro atoms. The van der Waals surface area contributed by atoms with Crippen LogP contribution in [0.1, 0.15) is 16.7 Å². The second-order valence-corrected chi connectivity index (χ2v) is 4.45. The molecule has 2 rings (SSSR count). The zero-order chi connectivity index (χ0) is 13.0. The van der Waals surface area contributed by atoms with Crippen LogP contribution in [0.4, 0.5) is 5.69 Å². The van der Waals surface area contributed by atoms with Crippen LogP contribution in [0.5, 0.6) is 5.75 Å². The summed E-state index contributed by atoms with van der Waals surface area (Å²) >= 11 is 0. The van der Waals surface area contributed by atoms with Crippen LogP contribution in [0, 0.1) is 6.92 Å². The first kappa shape index (κ1) is 12.5. The second-order valence-electron chi connectivity index (χ2n) is 4.45. The average Bonchev–Trinajstić information content (AvgIpc) is 2.41. The van der Waals surface area contributed by atoms with E-state index in [-0.39, 0.29) is 0 Å². The molecule has 2 aromatic rings. The van der Waals surface area contributed by atoms with Gasteiger partial charge in [0, 0.05) is 7.05 Å². The molecule has 0 aliphatic rings. The highest BCUT2D eigenvalue weighted by Gasteiger charge is 2.03. The summed E-state index contributed by atoms with van der Waals surface area (Å²) < 4.78 is 5.37. The van der Waals surface area contributed by atoms with Crippen molar-refractivity contribution >= 4 is 5.69 Å². The Bertz CT molecular complexity index is 517. The Morgan fingerprint density at radius 2 is 1.67 bits per heavy atom. The minimum atomic E-state index is 0.891. The molecule has 0 amide bonds. The van der Waals surface area contributed by atoms with Gasteiger partial charge in [0.2, 0.25) is 0 Å². The van der Waals surface area contributed by atoms with Crippen molar-refractivity contribution in [1.29, 1.82) is 0 Å². The summed E-state index contributed by atoms with van der Waals surface area (Å²) in [6, 6.07) is 14.9. The molecule has 0 bridgehead atoms. The maximum absolute atomic E-state index is 5.37. The zero-order valence-corrected chi connectivity index (χ0v) is 11.2. The summed E-state index contributed by atoms with van der Waals surface area (Å²) in [6.45, 7) is 2.11. The van der Waals surface area contributed by atoms with E-state index >= 15 is 0 Å². The molecule has 94 valence electrons. The summed E-state index contributed by atoms with van der Waals surface area (Å²) in [7, 11) is 3.60. The van der Waals surface area contributed by atoms with Crippen molar-refractivity contribution in [2.45, 2.75) is 13.3 Å². The topological polar surface area (TPSA) is 21.3 Å². The second kappa shape index (κ2) is 5.58. The highest BCUT2D eigenvalue weighted by atomic mass is 16.5. The lowest BCUT2D eigenvalue weighted by molar-refractivity contribution is 0.416. The molecule has 18 heavy (non-hydrogen) atoms. The lowest BCUT2D eigenvalue weighted by atomic mass is 10.0. The van der Waals surface area contributed by atoms with Crippen molar-refractivity contribution in [2.24, 2.45) is 0 Å². The van der Waals surface area contributed by atoms with Gasteiger partial charge in [-0.1, -0.05) is 35.9 Å². The Labute approximate surface area is 109 Å². The van der Waals surface area contributed by atoms with E-state index in [4.69, 9.17) is 4.74 Å². The van der Waals surface area contributed by atoms with Gasteiger partial charge in [0.1, 0.15) is 5.75 Å². The maximum Gasteiger partial charge on any atom is 0.142 e. The molecule has 0 radical (unpaired) electrons. The SMILES string of the molecule is CNc1ccc(Cc2ccc(C)cc2)cc1OC. The first-order valence-electron chi connectivity index (χ1n) is 6.13. The van der Waals surface area contributed by atoms with E-state index in [1.165, 1.54) is 16.7 Å². The van der Waals surface area contributed by atoms with Crippen molar-refractivity contribution in [3.63, 3.8) is 0 Å². The van der Waals surface area contributed by atoms with E-state index in [2.05, 4.69) is 54.7 Å². The number of nitrogens with one attached hydrogen (secondary N) is 1. The quantitative estimate of drug-likeness (QED) is 0.882. The van der Waals surface area contributed by atoms with Crippen LogP contribution in [0.3, 0.4) is 0 Å². The third kappa shape index (κ3) is 2.83. The molecule has 1 N–H and O–H groups in total. The molecule has 0 unspecified atom stereocenters. The lowest BCUT2D eigenvalue weighted by Crippen LogP contribution is -1.96. The fraction of sp³-hybridized carbons (Fsp3) is 0.250. The van der Waals surface area contributed by atoms with Crippen molar-refractivity contribution in [2.75, 3.05) is 19.5 Å². The van der Waals surface area contributed by atoms with Crippen LogP contribution < -0.4 is 10.1 Å². The van der Waals surface area contributed by atoms with E-state index in [9.17, 15) is 0 Å². The zero-order valence-electron chi connectivity index (χ0n) is 11.2. The largest absolute Gasteiger partial charge is 0.495 e. The molecule has 0 fully saturated rings. The van der Waals surface area contributed by atoms with Gasteiger partial charge in [-0.05, 0) is 36.6 Å². The molecule has 2 heteroatoms. The number of anilines is 1. The fourth-order valence-corrected chi connectivity index (χ4v) is 1.99. The first-order valence-corrected chi connectivity index (χ1v) is 6.13. The number of hydrogen-bond donors (Lipinski definition) is 1. The van der Waals surface area contributed by atoms with Crippen molar-refractivity contribution in [3.8, 4) is 5.75 Å². The number of aryl methyl sites for hydroxylation is 1.